The number of carbonyl (C=O) groups is 2. The van der Waals surface area contributed by atoms with Crippen molar-refractivity contribution in [2.45, 2.75) is 31.1 Å². The molecule has 1 saturated heterocycles. The van der Waals surface area contributed by atoms with Crippen LogP contribution in [0.25, 0.3) is 16.5 Å². The highest BCUT2D eigenvalue weighted by Gasteiger charge is 2.27. The first-order valence-electron chi connectivity index (χ1n) is 12.6. The maximum atomic E-state index is 13.9. The summed E-state index contributed by atoms with van der Waals surface area (Å²) < 4.78 is 47.2. The molecule has 0 saturated carbocycles. The van der Waals surface area contributed by atoms with Crippen molar-refractivity contribution in [3.05, 3.63) is 81.3 Å². The zero-order valence-corrected chi connectivity index (χ0v) is 23.1. The van der Waals surface area contributed by atoms with Crippen LogP contribution in [0.4, 0.5) is 9.39 Å². The number of rotatable bonds is 7. The van der Waals surface area contributed by atoms with E-state index in [1.807, 2.05) is 0 Å². The number of carbonyl (C=O) groups excluding carboxylic acids is 2. The molecule has 1 fully saturated rings. The molecule has 10 nitrogen and oxygen atoms in total. The Hall–Kier alpha value is -3.94. The fourth-order valence-corrected chi connectivity index (χ4v) is 6.93. The number of nitrogens with zero attached hydrogens (tertiary/aromatic N) is 3. The summed E-state index contributed by atoms with van der Waals surface area (Å²) in [4.78, 5) is 39.4. The number of ether oxygens (including phenoxy) is 1. The minimum absolute atomic E-state index is 0.00459. The molecule has 0 unspecified atom stereocenters. The predicted octanol–water partition coefficient (Wildman–Crippen LogP) is 4.19. The van der Waals surface area contributed by atoms with E-state index in [2.05, 4.69) is 10.4 Å². The highest BCUT2D eigenvalue weighted by atomic mass is 32.2. The number of nitrogens with one attached hydrogen (secondary N) is 1. The number of halogens is 1. The number of piperidine rings is 1. The number of aromatic nitrogens is 2. The zero-order valence-electron chi connectivity index (χ0n) is 21.4. The maximum Gasteiger partial charge on any atom is 0.359 e. The van der Waals surface area contributed by atoms with Gasteiger partial charge in [0, 0.05) is 29.4 Å². The van der Waals surface area contributed by atoms with Gasteiger partial charge in [-0.2, -0.15) is 14.1 Å². The first kappa shape index (κ1) is 27.6. The van der Waals surface area contributed by atoms with Gasteiger partial charge in [0.15, 0.2) is 5.69 Å². The van der Waals surface area contributed by atoms with Crippen molar-refractivity contribution < 1.29 is 27.1 Å². The molecule has 4 aromatic rings. The fourth-order valence-electron chi connectivity index (χ4n) is 4.48. The lowest BCUT2D eigenvalue weighted by Gasteiger charge is -2.25. The molecule has 0 spiro atoms. The van der Waals surface area contributed by atoms with Crippen LogP contribution < -0.4 is 10.9 Å². The second-order valence-corrected chi connectivity index (χ2v) is 11.9. The molecule has 1 amide bonds. The van der Waals surface area contributed by atoms with Crippen LogP contribution in [-0.2, 0) is 14.8 Å². The number of esters is 1. The first-order chi connectivity index (χ1) is 19.2. The van der Waals surface area contributed by atoms with Crippen molar-refractivity contribution >= 4 is 49.0 Å². The average Bonchev–Trinajstić information content (AvgIpc) is 3.38. The molecule has 1 N–H and O–H groups in total. The van der Waals surface area contributed by atoms with E-state index >= 15 is 0 Å². The molecule has 0 aliphatic carbocycles. The van der Waals surface area contributed by atoms with Crippen LogP contribution in [-0.4, -0.2) is 54.1 Å². The van der Waals surface area contributed by atoms with Crippen LogP contribution in [0.15, 0.2) is 63.6 Å². The third-order valence-corrected chi connectivity index (χ3v) is 9.28. The Bertz CT molecular complexity index is 1760. The van der Waals surface area contributed by atoms with E-state index in [4.69, 9.17) is 4.74 Å². The molecule has 3 heterocycles. The van der Waals surface area contributed by atoms with Crippen molar-refractivity contribution in [2.24, 2.45) is 0 Å². The van der Waals surface area contributed by atoms with Crippen molar-refractivity contribution in [3.63, 3.8) is 0 Å². The molecule has 40 heavy (non-hydrogen) atoms. The van der Waals surface area contributed by atoms with Gasteiger partial charge in [0.05, 0.1) is 22.6 Å². The van der Waals surface area contributed by atoms with E-state index in [1.165, 1.54) is 52.1 Å². The molecule has 0 atom stereocenters. The lowest BCUT2D eigenvalue weighted by Crippen LogP contribution is -2.35. The molecule has 2 aromatic carbocycles. The van der Waals surface area contributed by atoms with Gasteiger partial charge in [0.1, 0.15) is 10.8 Å². The van der Waals surface area contributed by atoms with Gasteiger partial charge < -0.3 is 10.1 Å². The number of thiophene rings is 1. The standard InChI is InChI=1S/C27H25FN4O6S2/c1-2-38-27(35)23-21-16-39-25(22(21)26(34)32(30-23)19-8-6-7-18(28)15-19)29-24(33)17-9-11-20(12-10-17)40(36,37)31-13-4-3-5-14-31/h6-12,15-16H,2-5,13-14H2,1H3,(H,29,33). The third kappa shape index (κ3) is 5.27. The molecule has 208 valence electrons. The molecule has 13 heteroatoms. The smallest absolute Gasteiger partial charge is 0.359 e. The second kappa shape index (κ2) is 11.3. The second-order valence-electron chi connectivity index (χ2n) is 9.06. The van der Waals surface area contributed by atoms with Crippen molar-refractivity contribution in [1.82, 2.24) is 14.1 Å². The quantitative estimate of drug-likeness (QED) is 0.323. The molecule has 2 aromatic heterocycles. The summed E-state index contributed by atoms with van der Waals surface area (Å²) in [7, 11) is -3.66. The normalized spacial score (nSPS) is 14.2. The van der Waals surface area contributed by atoms with Gasteiger partial charge in [-0.15, -0.1) is 11.3 Å². The number of hydrogen-bond donors (Lipinski definition) is 1. The van der Waals surface area contributed by atoms with Gasteiger partial charge in [-0.1, -0.05) is 12.5 Å². The van der Waals surface area contributed by atoms with Gasteiger partial charge >= 0.3 is 5.97 Å². The minimum Gasteiger partial charge on any atom is -0.461 e. The number of fused-ring (bicyclic) bond motifs is 1. The van der Waals surface area contributed by atoms with E-state index in [0.29, 0.717) is 13.1 Å². The number of amides is 1. The summed E-state index contributed by atoms with van der Waals surface area (Å²) in [6, 6.07) is 10.7. The summed E-state index contributed by atoms with van der Waals surface area (Å²) in [5.74, 6) is -1.97. The van der Waals surface area contributed by atoms with E-state index in [-0.39, 0.29) is 44.2 Å². The first-order valence-corrected chi connectivity index (χ1v) is 14.9. The Morgan fingerprint density at radius 1 is 1.10 bits per heavy atom. The highest BCUT2D eigenvalue weighted by Crippen LogP contribution is 2.31. The number of sulfonamides is 1. The Balaban J connectivity index is 1.50. The molecule has 1 aliphatic rings. The average molecular weight is 585 g/mol. The zero-order chi connectivity index (χ0) is 28.4. The van der Waals surface area contributed by atoms with Gasteiger partial charge in [-0.3, -0.25) is 9.59 Å². The molecule has 1 aliphatic heterocycles. The summed E-state index contributed by atoms with van der Waals surface area (Å²) in [6.45, 7) is 2.62. The van der Waals surface area contributed by atoms with Crippen molar-refractivity contribution in [1.29, 1.82) is 0 Å². The molecular formula is C27H25FN4O6S2. The SMILES string of the molecule is CCOC(=O)c1nn(-c2cccc(F)c2)c(=O)c2c(NC(=O)c3ccc(S(=O)(=O)N4CCCCC4)cc3)scc12. The summed E-state index contributed by atoms with van der Waals surface area (Å²) >= 11 is 1.01. The highest BCUT2D eigenvalue weighted by molar-refractivity contribution is 7.89. The topological polar surface area (TPSA) is 128 Å². The molecular weight excluding hydrogens is 559 g/mol. The monoisotopic (exact) mass is 584 g/mol. The fraction of sp³-hybridized carbons (Fsp3) is 0.259. The van der Waals surface area contributed by atoms with Gasteiger partial charge in [-0.25, -0.2) is 17.6 Å². The van der Waals surface area contributed by atoms with E-state index in [0.717, 1.165) is 41.3 Å². The largest absolute Gasteiger partial charge is 0.461 e. The lowest BCUT2D eigenvalue weighted by atomic mass is 10.2. The van der Waals surface area contributed by atoms with Crippen molar-refractivity contribution in [3.8, 4) is 5.69 Å². The van der Waals surface area contributed by atoms with Crippen LogP contribution >= 0.6 is 11.3 Å². The summed E-state index contributed by atoms with van der Waals surface area (Å²) in [5.41, 5.74) is -0.575. The van der Waals surface area contributed by atoms with Crippen LogP contribution in [0.5, 0.6) is 0 Å². The van der Waals surface area contributed by atoms with Crippen LogP contribution in [0.1, 0.15) is 47.0 Å². The third-order valence-electron chi connectivity index (χ3n) is 6.47. The van der Waals surface area contributed by atoms with Crippen LogP contribution in [0, 0.1) is 5.82 Å². The lowest BCUT2D eigenvalue weighted by molar-refractivity contribution is 0.0519. The Morgan fingerprint density at radius 2 is 1.82 bits per heavy atom. The van der Waals surface area contributed by atoms with E-state index in [1.54, 1.807) is 6.92 Å². The van der Waals surface area contributed by atoms with Crippen LogP contribution in [0.2, 0.25) is 0 Å². The number of benzene rings is 2. The molecule has 0 radical (unpaired) electrons. The summed E-state index contributed by atoms with van der Waals surface area (Å²) in [5, 5.41) is 8.67. The van der Waals surface area contributed by atoms with Gasteiger partial charge in [0.2, 0.25) is 10.0 Å². The molecule has 0 bridgehead atoms. The van der Waals surface area contributed by atoms with Crippen LogP contribution in [0.3, 0.4) is 0 Å². The summed E-state index contributed by atoms with van der Waals surface area (Å²) in [6.07, 6.45) is 2.61. The Morgan fingerprint density at radius 3 is 2.50 bits per heavy atom. The number of hydrogen-bond acceptors (Lipinski definition) is 8. The Labute approximate surface area is 233 Å². The van der Waals surface area contributed by atoms with E-state index in [9.17, 15) is 27.2 Å². The van der Waals surface area contributed by atoms with Gasteiger partial charge in [-0.05, 0) is 62.2 Å². The maximum absolute atomic E-state index is 13.9. The van der Waals surface area contributed by atoms with Crippen molar-refractivity contribution in [2.75, 3.05) is 25.0 Å². The molecule has 5 rings (SSSR count). The minimum atomic E-state index is -3.66. The Kier molecular flexibility index (Phi) is 7.79. The number of anilines is 1. The predicted molar refractivity (Wildman–Crippen MR) is 148 cm³/mol. The van der Waals surface area contributed by atoms with Gasteiger partial charge in [0.25, 0.3) is 11.5 Å². The van der Waals surface area contributed by atoms with E-state index < -0.39 is 33.3 Å².